The first-order valence-corrected chi connectivity index (χ1v) is 5.54. The lowest BCUT2D eigenvalue weighted by Crippen LogP contribution is -2.40. The van der Waals surface area contributed by atoms with Crippen LogP contribution in [-0.2, 0) is 10.4 Å². The number of alkyl halides is 1. The summed E-state index contributed by atoms with van der Waals surface area (Å²) >= 11 is 5.68. The molecule has 0 radical (unpaired) electrons. The van der Waals surface area contributed by atoms with Gasteiger partial charge in [0.1, 0.15) is 5.38 Å². The van der Waals surface area contributed by atoms with Crippen molar-refractivity contribution < 1.29 is 27.1 Å². The Hall–Kier alpha value is 0.0800. The normalized spacial score (nSPS) is 14.2. The summed E-state index contributed by atoms with van der Waals surface area (Å²) in [5.41, 5.74) is 0. The van der Waals surface area contributed by atoms with E-state index in [1.807, 2.05) is 21.1 Å². The highest BCUT2D eigenvalue weighted by molar-refractivity contribution is 7.79. The van der Waals surface area contributed by atoms with Crippen molar-refractivity contribution in [2.45, 2.75) is 5.38 Å². The van der Waals surface area contributed by atoms with Crippen molar-refractivity contribution in [2.75, 3.05) is 34.3 Å². The minimum atomic E-state index is -4.67. The topological polar surface area (TPSA) is 94.8 Å². The van der Waals surface area contributed by atoms with E-state index in [1.165, 1.54) is 0 Å². The highest BCUT2D eigenvalue weighted by Gasteiger charge is 2.13. The van der Waals surface area contributed by atoms with Crippen LogP contribution in [0.1, 0.15) is 0 Å². The van der Waals surface area contributed by atoms with Crippen LogP contribution in [-0.4, -0.2) is 66.8 Å². The third-order valence-corrected chi connectivity index (χ3v) is 1.22. The van der Waals surface area contributed by atoms with E-state index in [2.05, 4.69) is 0 Å². The predicted molar refractivity (Wildman–Crippen MR) is 53.8 cm³/mol. The summed E-state index contributed by atoms with van der Waals surface area (Å²) in [5.74, 6) is 0. The Kier molecular flexibility index (Phi) is 7.71. The van der Waals surface area contributed by atoms with Crippen LogP contribution >= 0.6 is 11.6 Å². The number of rotatable bonds is 3. The van der Waals surface area contributed by atoms with Gasteiger partial charge in [0.2, 0.25) is 0 Å². The van der Waals surface area contributed by atoms with Crippen LogP contribution in [0.2, 0.25) is 0 Å². The highest BCUT2D eigenvalue weighted by Crippen LogP contribution is 2.00. The Bertz CT molecular complexity index is 227. The molecule has 0 aliphatic carbocycles. The summed E-state index contributed by atoms with van der Waals surface area (Å²) in [6, 6.07) is 0. The van der Waals surface area contributed by atoms with Gasteiger partial charge in [0.05, 0.1) is 34.3 Å². The minimum Gasteiger partial charge on any atom is -0.395 e. The monoisotopic (exact) mass is 250 g/mol. The Morgan fingerprint density at radius 2 is 1.57 bits per heavy atom. The van der Waals surface area contributed by atoms with Gasteiger partial charge in [0.25, 0.3) is 0 Å². The molecule has 1 unspecified atom stereocenters. The van der Waals surface area contributed by atoms with Crippen LogP contribution in [0.15, 0.2) is 0 Å². The number of aliphatic hydroxyl groups excluding tert-OH is 1. The molecule has 0 spiro atoms. The smallest absolute Gasteiger partial charge is 0.394 e. The largest absolute Gasteiger partial charge is 0.395 e. The predicted octanol–water partition coefficient (Wildman–Crippen LogP) is -0.360. The second kappa shape index (κ2) is 6.54. The second-order valence-electron chi connectivity index (χ2n) is 3.70. The van der Waals surface area contributed by atoms with E-state index in [0.29, 0.717) is 0 Å². The standard InChI is InChI=1S/C6H15ClNO.H2O4S/c1-8(2,3)4-6(7)5-9;1-5(2,3)4/h6,9H,4-5H2,1-3H3;(H2,1,2,3,4)/q+1;. The average Bonchev–Trinajstić information content (AvgIpc) is 1.79. The zero-order valence-corrected chi connectivity index (χ0v) is 9.96. The van der Waals surface area contributed by atoms with Crippen LogP contribution in [0.4, 0.5) is 0 Å². The van der Waals surface area contributed by atoms with Gasteiger partial charge < -0.3 is 9.59 Å². The summed E-state index contributed by atoms with van der Waals surface area (Å²) in [4.78, 5) is 0. The zero-order valence-electron chi connectivity index (χ0n) is 8.38. The molecular weight excluding hydrogens is 234 g/mol. The Balaban J connectivity index is 0. The zero-order chi connectivity index (χ0) is 12.0. The summed E-state index contributed by atoms with van der Waals surface area (Å²) in [6.07, 6.45) is 0. The van der Waals surface area contributed by atoms with Crippen LogP contribution in [0, 0.1) is 0 Å². The summed E-state index contributed by atoms with van der Waals surface area (Å²) < 4.78 is 32.4. The van der Waals surface area contributed by atoms with Gasteiger partial charge in [0, 0.05) is 0 Å². The van der Waals surface area contributed by atoms with Crippen molar-refractivity contribution in [3.05, 3.63) is 0 Å². The number of aliphatic hydroxyl groups is 1. The molecule has 0 aliphatic rings. The number of quaternary nitrogens is 1. The molecule has 1 atom stereocenters. The third kappa shape index (κ3) is 29.6. The maximum Gasteiger partial charge on any atom is 0.394 e. The van der Waals surface area contributed by atoms with Crippen LogP contribution in [0.5, 0.6) is 0 Å². The molecule has 0 fully saturated rings. The molecular formula is C6H17ClNO5S+. The summed E-state index contributed by atoms with van der Waals surface area (Å²) in [7, 11) is 1.47. The van der Waals surface area contributed by atoms with Gasteiger partial charge >= 0.3 is 10.4 Å². The lowest BCUT2D eigenvalue weighted by Gasteiger charge is -2.25. The Morgan fingerprint density at radius 1 is 1.29 bits per heavy atom. The molecule has 0 saturated heterocycles. The van der Waals surface area contributed by atoms with Crippen LogP contribution in [0.3, 0.4) is 0 Å². The van der Waals surface area contributed by atoms with Crippen molar-refractivity contribution in [1.29, 1.82) is 0 Å². The molecule has 0 rings (SSSR count). The van der Waals surface area contributed by atoms with Gasteiger partial charge in [-0.3, -0.25) is 9.11 Å². The van der Waals surface area contributed by atoms with E-state index in [1.54, 1.807) is 0 Å². The molecule has 8 heteroatoms. The third-order valence-electron chi connectivity index (χ3n) is 0.944. The fourth-order valence-electron chi connectivity index (χ4n) is 0.652. The molecule has 0 aromatic heterocycles. The lowest BCUT2D eigenvalue weighted by molar-refractivity contribution is -0.870. The fraction of sp³-hybridized carbons (Fsp3) is 1.00. The molecule has 0 amide bonds. The van der Waals surface area contributed by atoms with Crippen LogP contribution in [0.25, 0.3) is 0 Å². The van der Waals surface area contributed by atoms with Gasteiger partial charge in [-0.05, 0) is 0 Å². The van der Waals surface area contributed by atoms with E-state index >= 15 is 0 Å². The first kappa shape index (κ1) is 16.5. The van der Waals surface area contributed by atoms with Crippen molar-refractivity contribution in [2.24, 2.45) is 0 Å². The maximum atomic E-state index is 8.74. The number of nitrogens with zero attached hydrogens (tertiary/aromatic N) is 1. The van der Waals surface area contributed by atoms with E-state index in [4.69, 9.17) is 34.2 Å². The van der Waals surface area contributed by atoms with E-state index in [9.17, 15) is 0 Å². The molecule has 3 N–H and O–H groups in total. The van der Waals surface area contributed by atoms with Crippen molar-refractivity contribution in [3.8, 4) is 0 Å². The van der Waals surface area contributed by atoms with Crippen molar-refractivity contribution in [3.63, 3.8) is 0 Å². The van der Waals surface area contributed by atoms with Crippen LogP contribution < -0.4 is 0 Å². The maximum absolute atomic E-state index is 8.74. The van der Waals surface area contributed by atoms with Gasteiger partial charge in [-0.2, -0.15) is 8.42 Å². The average molecular weight is 251 g/mol. The van der Waals surface area contributed by atoms with E-state index < -0.39 is 10.4 Å². The molecule has 88 valence electrons. The number of hydrogen-bond acceptors (Lipinski definition) is 3. The summed E-state index contributed by atoms with van der Waals surface area (Å²) in [5, 5.41) is 8.45. The van der Waals surface area contributed by atoms with E-state index in [-0.39, 0.29) is 12.0 Å². The van der Waals surface area contributed by atoms with Crippen molar-refractivity contribution in [1.82, 2.24) is 0 Å². The minimum absolute atomic E-state index is 0.0665. The molecule has 0 heterocycles. The Labute approximate surface area is 89.3 Å². The lowest BCUT2D eigenvalue weighted by atomic mass is 10.4. The SMILES string of the molecule is C[N+](C)(C)CC(Cl)CO.O=S(=O)(O)O. The molecule has 0 aromatic carbocycles. The summed E-state index contributed by atoms with van der Waals surface area (Å²) in [6.45, 7) is 0.870. The Morgan fingerprint density at radius 3 is 1.64 bits per heavy atom. The first-order chi connectivity index (χ1) is 5.95. The molecule has 0 bridgehead atoms. The first-order valence-electron chi connectivity index (χ1n) is 3.71. The molecule has 0 saturated carbocycles. The van der Waals surface area contributed by atoms with Gasteiger partial charge in [0.15, 0.2) is 0 Å². The quantitative estimate of drug-likeness (QED) is 0.361. The van der Waals surface area contributed by atoms with E-state index in [0.717, 1.165) is 11.0 Å². The molecule has 6 nitrogen and oxygen atoms in total. The number of halogens is 1. The van der Waals surface area contributed by atoms with Crippen molar-refractivity contribution >= 4 is 22.0 Å². The van der Waals surface area contributed by atoms with Gasteiger partial charge in [-0.1, -0.05) is 0 Å². The van der Waals surface area contributed by atoms with Gasteiger partial charge in [-0.15, -0.1) is 11.6 Å². The molecule has 0 aromatic rings. The molecule has 14 heavy (non-hydrogen) atoms. The fourth-order valence-corrected chi connectivity index (χ4v) is 1.07. The number of hydrogen-bond donors (Lipinski definition) is 3. The van der Waals surface area contributed by atoms with Gasteiger partial charge in [-0.25, -0.2) is 0 Å². The highest BCUT2D eigenvalue weighted by atomic mass is 35.5. The molecule has 0 aliphatic heterocycles. The second-order valence-corrected chi connectivity index (χ2v) is 5.21.